The lowest BCUT2D eigenvalue weighted by atomic mass is 10.1. The maximum absolute atomic E-state index is 3.74. The fourth-order valence-corrected chi connectivity index (χ4v) is 0.691. The van der Waals surface area contributed by atoms with Gasteiger partial charge in [0.25, 0.3) is 0 Å². The van der Waals surface area contributed by atoms with Gasteiger partial charge in [0.15, 0.2) is 0 Å². The van der Waals surface area contributed by atoms with Gasteiger partial charge in [-0.3, -0.25) is 0 Å². The summed E-state index contributed by atoms with van der Waals surface area (Å²) in [5.74, 6) is 1.29. The first-order valence-corrected chi connectivity index (χ1v) is 4.43. The predicted octanol–water partition coefficient (Wildman–Crippen LogP) is 2.44. The Labute approximate surface area is 70.9 Å². The lowest BCUT2D eigenvalue weighted by Crippen LogP contribution is -2.33. The third kappa shape index (κ3) is 5.02. The molecule has 0 aliphatic rings. The molecule has 11 heavy (non-hydrogen) atoms. The number of hydrogen-bond acceptors (Lipinski definition) is 1. The minimum absolute atomic E-state index is 0.580. The highest BCUT2D eigenvalue weighted by Crippen LogP contribution is 2.01. The number of hydrogen-bond donors (Lipinski definition) is 1. The van der Waals surface area contributed by atoms with Crippen molar-refractivity contribution in [2.45, 2.75) is 33.7 Å². The summed E-state index contributed by atoms with van der Waals surface area (Å²) >= 11 is 0. The molecule has 0 aromatic rings. The monoisotopic (exact) mass is 155 g/mol. The molecule has 0 spiro atoms. The Bertz CT molecular complexity index is 107. The highest BCUT2D eigenvalue weighted by molar-refractivity contribution is 4.78. The Balaban J connectivity index is 3.45. The second-order valence-electron chi connectivity index (χ2n) is 3.65. The van der Waals surface area contributed by atoms with Crippen LogP contribution in [0.15, 0.2) is 12.7 Å². The summed E-state index contributed by atoms with van der Waals surface area (Å²) < 4.78 is 0. The van der Waals surface area contributed by atoms with Gasteiger partial charge in [-0.15, -0.1) is 6.58 Å². The zero-order valence-corrected chi connectivity index (χ0v) is 8.22. The van der Waals surface area contributed by atoms with Crippen molar-refractivity contribution in [1.82, 2.24) is 5.32 Å². The third-order valence-corrected chi connectivity index (χ3v) is 2.16. The summed E-state index contributed by atoms with van der Waals surface area (Å²) in [4.78, 5) is 0. The molecule has 1 N–H and O–H groups in total. The van der Waals surface area contributed by atoms with Crippen molar-refractivity contribution in [3.8, 4) is 0 Å². The normalized spacial score (nSPS) is 16.5. The fraction of sp³-hybridized carbons (Fsp3) is 0.800. The molecule has 0 rings (SSSR count). The van der Waals surface area contributed by atoms with Crippen molar-refractivity contribution < 1.29 is 0 Å². The molecule has 0 aliphatic carbocycles. The quantitative estimate of drug-likeness (QED) is 0.601. The first-order chi connectivity index (χ1) is 5.07. The van der Waals surface area contributed by atoms with Crippen LogP contribution in [-0.4, -0.2) is 12.6 Å². The van der Waals surface area contributed by atoms with Crippen molar-refractivity contribution >= 4 is 0 Å². The maximum Gasteiger partial charge on any atom is 0.00619 e. The second-order valence-corrected chi connectivity index (χ2v) is 3.65. The van der Waals surface area contributed by atoms with Crippen LogP contribution in [0.1, 0.15) is 27.7 Å². The molecular weight excluding hydrogens is 134 g/mol. The maximum atomic E-state index is 3.74. The molecular formula is C10H21N. The largest absolute Gasteiger partial charge is 0.313 e. The van der Waals surface area contributed by atoms with Crippen LogP contribution in [0.4, 0.5) is 0 Å². The van der Waals surface area contributed by atoms with Crippen LogP contribution in [0.2, 0.25) is 0 Å². The van der Waals surface area contributed by atoms with Gasteiger partial charge in [-0.05, 0) is 18.8 Å². The van der Waals surface area contributed by atoms with Gasteiger partial charge >= 0.3 is 0 Å². The lowest BCUT2D eigenvalue weighted by Gasteiger charge is -2.18. The molecule has 0 aromatic heterocycles. The SMILES string of the molecule is C=CC(C)CNC(C)C(C)C. The number of rotatable bonds is 5. The van der Waals surface area contributed by atoms with Gasteiger partial charge in [0.1, 0.15) is 0 Å². The van der Waals surface area contributed by atoms with Crippen LogP contribution in [0.5, 0.6) is 0 Å². The highest BCUT2D eigenvalue weighted by Gasteiger charge is 2.06. The van der Waals surface area contributed by atoms with E-state index < -0.39 is 0 Å². The molecule has 0 aliphatic heterocycles. The fourth-order valence-electron chi connectivity index (χ4n) is 0.691. The standard InChI is InChI=1S/C10H21N/c1-6-9(4)7-11-10(5)8(2)3/h6,8-11H,1,7H2,2-5H3. The molecule has 1 nitrogen and oxygen atoms in total. The van der Waals surface area contributed by atoms with Gasteiger partial charge < -0.3 is 5.32 Å². The van der Waals surface area contributed by atoms with E-state index in [4.69, 9.17) is 0 Å². The topological polar surface area (TPSA) is 12.0 Å². The molecule has 0 radical (unpaired) electrons. The minimum Gasteiger partial charge on any atom is -0.313 e. The third-order valence-electron chi connectivity index (χ3n) is 2.16. The van der Waals surface area contributed by atoms with Crippen LogP contribution in [0, 0.1) is 11.8 Å². The van der Waals surface area contributed by atoms with Crippen LogP contribution in [0.25, 0.3) is 0 Å². The molecule has 0 bridgehead atoms. The molecule has 2 atom stereocenters. The van der Waals surface area contributed by atoms with Gasteiger partial charge in [0.05, 0.1) is 0 Å². The molecule has 0 heterocycles. The van der Waals surface area contributed by atoms with Gasteiger partial charge in [-0.2, -0.15) is 0 Å². The molecule has 2 unspecified atom stereocenters. The van der Waals surface area contributed by atoms with E-state index >= 15 is 0 Å². The minimum atomic E-state index is 0.580. The average molecular weight is 155 g/mol. The summed E-state index contributed by atoms with van der Waals surface area (Å²) in [5, 5.41) is 3.46. The van der Waals surface area contributed by atoms with Gasteiger partial charge in [0.2, 0.25) is 0 Å². The Morgan fingerprint density at radius 1 is 1.27 bits per heavy atom. The first-order valence-electron chi connectivity index (χ1n) is 4.43. The van der Waals surface area contributed by atoms with E-state index in [9.17, 15) is 0 Å². The Morgan fingerprint density at radius 2 is 1.82 bits per heavy atom. The van der Waals surface area contributed by atoms with Gasteiger partial charge in [-0.1, -0.05) is 26.8 Å². The Hall–Kier alpha value is -0.300. The van der Waals surface area contributed by atoms with Crippen molar-refractivity contribution in [1.29, 1.82) is 0 Å². The zero-order chi connectivity index (χ0) is 8.85. The van der Waals surface area contributed by atoms with Crippen LogP contribution in [0.3, 0.4) is 0 Å². The summed E-state index contributed by atoms with van der Waals surface area (Å²) in [6, 6.07) is 0.609. The van der Waals surface area contributed by atoms with Crippen molar-refractivity contribution in [3.05, 3.63) is 12.7 Å². The smallest absolute Gasteiger partial charge is 0.00619 e. The summed E-state index contributed by atoms with van der Waals surface area (Å²) in [7, 11) is 0. The lowest BCUT2D eigenvalue weighted by molar-refractivity contribution is 0.411. The van der Waals surface area contributed by atoms with Gasteiger partial charge in [0, 0.05) is 12.6 Å². The van der Waals surface area contributed by atoms with E-state index in [1.807, 2.05) is 6.08 Å². The van der Waals surface area contributed by atoms with Crippen molar-refractivity contribution in [2.75, 3.05) is 6.54 Å². The average Bonchev–Trinajstić information content (AvgIpc) is 1.99. The summed E-state index contributed by atoms with van der Waals surface area (Å²) in [5.41, 5.74) is 0. The first kappa shape index (κ1) is 10.7. The number of nitrogens with one attached hydrogen (secondary N) is 1. The van der Waals surface area contributed by atoms with Gasteiger partial charge in [-0.25, -0.2) is 0 Å². The van der Waals surface area contributed by atoms with E-state index in [1.165, 1.54) is 0 Å². The van der Waals surface area contributed by atoms with E-state index in [1.54, 1.807) is 0 Å². The Morgan fingerprint density at radius 3 is 2.18 bits per heavy atom. The Kier molecular flexibility index (Phi) is 5.22. The van der Waals surface area contributed by atoms with Crippen LogP contribution >= 0.6 is 0 Å². The summed E-state index contributed by atoms with van der Waals surface area (Å²) in [6.45, 7) is 13.6. The van der Waals surface area contributed by atoms with E-state index in [2.05, 4.69) is 39.6 Å². The zero-order valence-electron chi connectivity index (χ0n) is 8.22. The van der Waals surface area contributed by atoms with Crippen molar-refractivity contribution in [3.63, 3.8) is 0 Å². The summed E-state index contributed by atoms with van der Waals surface area (Å²) in [6.07, 6.45) is 1.99. The molecule has 1 heteroatoms. The van der Waals surface area contributed by atoms with Crippen LogP contribution in [-0.2, 0) is 0 Å². The van der Waals surface area contributed by atoms with E-state index in [0.29, 0.717) is 17.9 Å². The van der Waals surface area contributed by atoms with Crippen LogP contribution < -0.4 is 5.32 Å². The molecule has 0 saturated heterocycles. The molecule has 0 saturated carbocycles. The molecule has 0 fully saturated rings. The van der Waals surface area contributed by atoms with E-state index in [0.717, 1.165) is 6.54 Å². The molecule has 66 valence electrons. The second kappa shape index (κ2) is 5.36. The van der Waals surface area contributed by atoms with Crippen molar-refractivity contribution in [2.24, 2.45) is 11.8 Å². The molecule has 0 aromatic carbocycles. The molecule has 0 amide bonds. The predicted molar refractivity (Wildman–Crippen MR) is 51.7 cm³/mol. The van der Waals surface area contributed by atoms with E-state index in [-0.39, 0.29) is 0 Å². The highest BCUT2D eigenvalue weighted by atomic mass is 14.9.